The van der Waals surface area contributed by atoms with Crippen LogP contribution in [-0.2, 0) is 0 Å². The quantitative estimate of drug-likeness (QED) is 0.173. The van der Waals surface area contributed by atoms with Crippen LogP contribution in [0.25, 0.3) is 66.9 Å². The molecule has 0 unspecified atom stereocenters. The lowest BCUT2D eigenvalue weighted by molar-refractivity contribution is 0.888. The van der Waals surface area contributed by atoms with Gasteiger partial charge in [-0.25, -0.2) is 4.98 Å². The first-order valence-corrected chi connectivity index (χ1v) is 18.2. The highest BCUT2D eigenvalue weighted by atomic mass is 15.0. The highest BCUT2D eigenvalue weighted by Crippen LogP contribution is 2.52. The van der Waals surface area contributed by atoms with Crippen molar-refractivity contribution in [2.75, 3.05) is 0 Å². The van der Waals surface area contributed by atoms with Gasteiger partial charge < -0.3 is 4.57 Å². The molecule has 0 bridgehead atoms. The van der Waals surface area contributed by atoms with Crippen LogP contribution in [0.5, 0.6) is 0 Å². The van der Waals surface area contributed by atoms with Crippen LogP contribution in [0.2, 0.25) is 0 Å². The molecular weight excluding hydrogens is 629 g/mol. The van der Waals surface area contributed by atoms with Gasteiger partial charge in [0, 0.05) is 33.5 Å². The minimum Gasteiger partial charge on any atom is -0.312 e. The molecule has 10 rings (SSSR count). The Morgan fingerprint density at radius 1 is 0.519 bits per heavy atom. The Kier molecular flexibility index (Phi) is 7.39. The number of benzene rings is 6. The average Bonchev–Trinajstić information content (AvgIpc) is 3.74. The van der Waals surface area contributed by atoms with Gasteiger partial charge in [0.15, 0.2) is 0 Å². The second-order valence-corrected chi connectivity index (χ2v) is 13.8. The lowest BCUT2D eigenvalue weighted by atomic mass is 9.86. The van der Waals surface area contributed by atoms with Crippen molar-refractivity contribution in [3.05, 3.63) is 210 Å². The zero-order valence-corrected chi connectivity index (χ0v) is 28.8. The number of fused-ring (bicyclic) bond motifs is 4. The van der Waals surface area contributed by atoms with Crippen molar-refractivity contribution < 1.29 is 0 Å². The van der Waals surface area contributed by atoms with Crippen molar-refractivity contribution >= 4 is 16.5 Å². The number of hydrogen-bond acceptors (Lipinski definition) is 1. The zero-order valence-electron chi connectivity index (χ0n) is 28.8. The molecule has 0 saturated carbocycles. The van der Waals surface area contributed by atoms with Gasteiger partial charge in [-0.1, -0.05) is 158 Å². The maximum Gasteiger partial charge on any atom is 0.0715 e. The Labute approximate surface area is 304 Å². The van der Waals surface area contributed by atoms with Crippen LogP contribution < -0.4 is 0 Å². The Morgan fingerprint density at radius 2 is 1.12 bits per heavy atom. The molecule has 0 saturated heterocycles. The topological polar surface area (TPSA) is 17.8 Å². The summed E-state index contributed by atoms with van der Waals surface area (Å²) in [6.45, 7) is 0. The molecule has 2 heterocycles. The molecular formula is C50H36N2. The van der Waals surface area contributed by atoms with Crippen molar-refractivity contribution in [2.45, 2.75) is 18.8 Å². The third-order valence-electron chi connectivity index (χ3n) is 10.8. The summed E-state index contributed by atoms with van der Waals surface area (Å²) in [7, 11) is 0. The molecule has 2 aliphatic rings. The van der Waals surface area contributed by atoms with Gasteiger partial charge in [0.1, 0.15) is 0 Å². The highest BCUT2D eigenvalue weighted by Gasteiger charge is 2.35. The van der Waals surface area contributed by atoms with E-state index in [1.165, 1.54) is 50.0 Å². The van der Waals surface area contributed by atoms with Crippen molar-refractivity contribution in [2.24, 2.45) is 0 Å². The number of hydrogen-bond donors (Lipinski definition) is 0. The average molecular weight is 665 g/mol. The Balaban J connectivity index is 1.24. The van der Waals surface area contributed by atoms with Gasteiger partial charge in [0.2, 0.25) is 0 Å². The molecule has 8 aromatic rings. The molecule has 2 aromatic heterocycles. The minimum absolute atomic E-state index is 0.0838. The molecule has 246 valence electrons. The predicted octanol–water partition coefficient (Wildman–Crippen LogP) is 12.9. The first-order valence-electron chi connectivity index (χ1n) is 18.2. The van der Waals surface area contributed by atoms with Crippen molar-refractivity contribution in [3.8, 4) is 50.5 Å². The minimum atomic E-state index is 0.0838. The maximum absolute atomic E-state index is 5.17. The van der Waals surface area contributed by atoms with Gasteiger partial charge in [-0.2, -0.15) is 0 Å². The van der Waals surface area contributed by atoms with Crippen LogP contribution >= 0.6 is 0 Å². The summed E-state index contributed by atoms with van der Waals surface area (Å²) in [5.74, 6) is 0.0838. The number of aromatic nitrogens is 2. The number of pyridine rings is 1. The van der Waals surface area contributed by atoms with E-state index >= 15 is 0 Å². The molecule has 0 spiro atoms. The lowest BCUT2D eigenvalue weighted by Gasteiger charge is -2.22. The summed E-state index contributed by atoms with van der Waals surface area (Å²) in [6.07, 6.45) is 8.94. The molecule has 0 amide bonds. The number of rotatable bonds is 6. The van der Waals surface area contributed by atoms with Crippen LogP contribution in [0.1, 0.15) is 41.1 Å². The van der Waals surface area contributed by atoms with Gasteiger partial charge in [-0.3, -0.25) is 0 Å². The standard InChI is InChI=1S/C50H36N2/c1-4-17-34(18-5-1)45-32-38(33-46(51-45)35-19-6-2-7-20-35)37-23-16-24-39(31-37)52-47-30-15-14-29-44(47)48(36-21-8-3-9-22-36)50(52)49-42-27-12-10-25-40(42)41-26-11-13-28-43(41)49/h1-8,10-21,23-33,49H,9,22H2. The summed E-state index contributed by atoms with van der Waals surface area (Å²) < 4.78 is 2.56. The van der Waals surface area contributed by atoms with Crippen molar-refractivity contribution in [3.63, 3.8) is 0 Å². The number of nitrogens with zero attached hydrogens (tertiary/aromatic N) is 2. The smallest absolute Gasteiger partial charge is 0.0715 e. The monoisotopic (exact) mass is 664 g/mol. The van der Waals surface area contributed by atoms with E-state index in [9.17, 15) is 0 Å². The molecule has 0 fully saturated rings. The molecule has 2 aliphatic carbocycles. The van der Waals surface area contributed by atoms with Crippen LogP contribution in [0.3, 0.4) is 0 Å². The molecule has 52 heavy (non-hydrogen) atoms. The van der Waals surface area contributed by atoms with Gasteiger partial charge >= 0.3 is 0 Å². The first-order chi connectivity index (χ1) is 25.8. The molecule has 0 N–H and O–H groups in total. The fraction of sp³-hybridized carbons (Fsp3) is 0.0600. The molecule has 0 radical (unpaired) electrons. The van der Waals surface area contributed by atoms with E-state index in [-0.39, 0.29) is 5.92 Å². The van der Waals surface area contributed by atoms with E-state index in [1.807, 2.05) is 0 Å². The predicted molar refractivity (Wildman–Crippen MR) is 217 cm³/mol. The Hall–Kier alpha value is -6.51. The third-order valence-corrected chi connectivity index (χ3v) is 10.8. The Morgan fingerprint density at radius 3 is 1.77 bits per heavy atom. The lowest BCUT2D eigenvalue weighted by Crippen LogP contribution is -2.10. The SMILES string of the molecule is C1=CCCC(c2c(C3c4ccccc4-c4ccccc43)n(-c3cccc(-c4cc(-c5ccccc5)nc(-c5ccccc5)c4)c3)c3ccccc23)=C1. The highest BCUT2D eigenvalue weighted by molar-refractivity contribution is 5.98. The van der Waals surface area contributed by atoms with Crippen LogP contribution in [0, 0.1) is 0 Å². The van der Waals surface area contributed by atoms with E-state index in [4.69, 9.17) is 4.98 Å². The van der Waals surface area contributed by atoms with Gasteiger partial charge in [0.05, 0.1) is 22.8 Å². The molecule has 2 nitrogen and oxygen atoms in total. The summed E-state index contributed by atoms with van der Waals surface area (Å²) in [5.41, 5.74) is 18.3. The Bertz CT molecular complexity index is 2570. The van der Waals surface area contributed by atoms with Gasteiger partial charge in [0.25, 0.3) is 0 Å². The first kappa shape index (κ1) is 30.3. The van der Waals surface area contributed by atoms with E-state index in [1.54, 1.807) is 0 Å². The molecule has 2 heteroatoms. The fourth-order valence-corrected chi connectivity index (χ4v) is 8.45. The fourth-order valence-electron chi connectivity index (χ4n) is 8.45. The second-order valence-electron chi connectivity index (χ2n) is 13.8. The van der Waals surface area contributed by atoms with Crippen molar-refractivity contribution in [1.29, 1.82) is 0 Å². The van der Waals surface area contributed by atoms with Crippen LogP contribution in [-0.4, -0.2) is 9.55 Å². The maximum atomic E-state index is 5.17. The van der Waals surface area contributed by atoms with E-state index in [2.05, 4.69) is 193 Å². The van der Waals surface area contributed by atoms with E-state index in [0.29, 0.717) is 0 Å². The summed E-state index contributed by atoms with van der Waals surface area (Å²) in [5, 5.41) is 1.30. The van der Waals surface area contributed by atoms with Crippen LogP contribution in [0.15, 0.2) is 188 Å². The number of para-hydroxylation sites is 1. The van der Waals surface area contributed by atoms with E-state index < -0.39 is 0 Å². The van der Waals surface area contributed by atoms with Gasteiger partial charge in [-0.15, -0.1) is 0 Å². The number of allylic oxidation sites excluding steroid dienone is 4. The summed E-state index contributed by atoms with van der Waals surface area (Å²) in [6, 6.07) is 61.6. The third kappa shape index (κ3) is 5.07. The molecule has 6 aromatic carbocycles. The van der Waals surface area contributed by atoms with E-state index in [0.717, 1.165) is 52.2 Å². The second kappa shape index (κ2) is 12.7. The van der Waals surface area contributed by atoms with Gasteiger partial charge in [-0.05, 0) is 82.1 Å². The molecule has 0 aliphatic heterocycles. The normalized spacial score (nSPS) is 13.6. The van der Waals surface area contributed by atoms with Crippen LogP contribution in [0.4, 0.5) is 0 Å². The zero-order chi connectivity index (χ0) is 34.4. The summed E-state index contributed by atoms with van der Waals surface area (Å²) in [4.78, 5) is 5.17. The summed E-state index contributed by atoms with van der Waals surface area (Å²) >= 11 is 0. The molecule has 0 atom stereocenters. The largest absolute Gasteiger partial charge is 0.312 e. The van der Waals surface area contributed by atoms with Crippen molar-refractivity contribution in [1.82, 2.24) is 9.55 Å².